The molecule has 0 saturated heterocycles. The minimum Gasteiger partial charge on any atom is -0.345 e. The normalized spacial score (nSPS) is 16.7. The standard InChI is InChI=1S/C33H32Cl3N3O2/c1-20-29(32(40)37-27-14-8-6-12-25(27)35)31(22-16-18-23(34)19-17-22)30(21(2)39(20)24-10-4-3-5-11-24)33(41)38-28-15-9-7-13-26(28)36/h6-9,12-19,24,31H,3-5,10-11H2,1-2H3,(H,37,40)(H,38,41). The van der Waals surface area contributed by atoms with E-state index in [2.05, 4.69) is 15.5 Å². The molecule has 0 spiro atoms. The number of benzene rings is 3. The summed E-state index contributed by atoms with van der Waals surface area (Å²) in [5, 5.41) is 7.48. The average molecular weight is 609 g/mol. The zero-order valence-corrected chi connectivity index (χ0v) is 25.3. The SMILES string of the molecule is CC1=C(C(=O)Nc2ccccc2Cl)C(c2ccc(Cl)cc2)C(C(=O)Nc2ccccc2Cl)=C(C)N1C1CCCCC1. The van der Waals surface area contributed by atoms with Gasteiger partial charge in [-0.3, -0.25) is 9.59 Å². The van der Waals surface area contributed by atoms with E-state index in [1.54, 1.807) is 36.4 Å². The first-order chi connectivity index (χ1) is 19.8. The van der Waals surface area contributed by atoms with E-state index in [0.29, 0.717) is 37.6 Å². The summed E-state index contributed by atoms with van der Waals surface area (Å²) in [6.07, 6.45) is 5.36. The van der Waals surface area contributed by atoms with E-state index in [0.717, 1.165) is 42.6 Å². The molecule has 0 atom stereocenters. The summed E-state index contributed by atoms with van der Waals surface area (Å²) in [6, 6.07) is 21.7. The third-order valence-electron chi connectivity index (χ3n) is 7.96. The van der Waals surface area contributed by atoms with Crippen LogP contribution in [-0.2, 0) is 9.59 Å². The highest BCUT2D eigenvalue weighted by molar-refractivity contribution is 6.34. The minimum atomic E-state index is -0.655. The maximum absolute atomic E-state index is 14.2. The third kappa shape index (κ3) is 6.18. The molecule has 1 fully saturated rings. The first-order valence-electron chi connectivity index (χ1n) is 13.8. The van der Waals surface area contributed by atoms with Crippen molar-refractivity contribution in [2.75, 3.05) is 10.6 Å². The van der Waals surface area contributed by atoms with Crippen LogP contribution >= 0.6 is 34.8 Å². The molecule has 5 rings (SSSR count). The maximum Gasteiger partial charge on any atom is 0.254 e. The molecule has 0 unspecified atom stereocenters. The van der Waals surface area contributed by atoms with Gasteiger partial charge in [0.1, 0.15) is 0 Å². The number of nitrogens with zero attached hydrogens (tertiary/aromatic N) is 1. The Morgan fingerprint density at radius 3 is 1.61 bits per heavy atom. The van der Waals surface area contributed by atoms with Crippen LogP contribution in [0, 0.1) is 0 Å². The zero-order chi connectivity index (χ0) is 29.1. The summed E-state index contributed by atoms with van der Waals surface area (Å²) in [5.41, 5.74) is 4.44. The number of hydrogen-bond acceptors (Lipinski definition) is 3. The van der Waals surface area contributed by atoms with Crippen molar-refractivity contribution in [1.82, 2.24) is 4.90 Å². The second-order valence-electron chi connectivity index (χ2n) is 10.5. The Kier molecular flexibility index (Phi) is 9.08. The number of rotatable bonds is 6. The number of hydrogen-bond donors (Lipinski definition) is 2. The molecule has 41 heavy (non-hydrogen) atoms. The molecule has 2 N–H and O–H groups in total. The van der Waals surface area contributed by atoms with Crippen LogP contribution in [0.5, 0.6) is 0 Å². The van der Waals surface area contributed by atoms with Gasteiger partial charge in [-0.1, -0.05) is 90.5 Å². The Morgan fingerprint density at radius 1 is 0.683 bits per heavy atom. The number of carbonyl (C=O) groups is 2. The molecule has 0 bridgehead atoms. The highest BCUT2D eigenvalue weighted by Crippen LogP contribution is 2.45. The molecule has 0 radical (unpaired) electrons. The Hall–Kier alpha value is -3.25. The Bertz CT molecular complexity index is 1440. The van der Waals surface area contributed by atoms with Gasteiger partial charge in [0.2, 0.25) is 0 Å². The zero-order valence-electron chi connectivity index (χ0n) is 23.0. The third-order valence-corrected chi connectivity index (χ3v) is 8.87. The van der Waals surface area contributed by atoms with E-state index in [-0.39, 0.29) is 17.9 Å². The number of allylic oxidation sites excluding steroid dienone is 2. The van der Waals surface area contributed by atoms with Gasteiger partial charge in [0, 0.05) is 39.5 Å². The molecule has 1 aliphatic heterocycles. The Labute approximate surface area is 256 Å². The fraction of sp³-hybridized carbons (Fsp3) is 0.273. The van der Waals surface area contributed by atoms with Crippen molar-refractivity contribution in [1.29, 1.82) is 0 Å². The largest absolute Gasteiger partial charge is 0.345 e. The van der Waals surface area contributed by atoms with Crippen LogP contribution in [0.1, 0.15) is 57.4 Å². The van der Waals surface area contributed by atoms with Gasteiger partial charge in [-0.2, -0.15) is 0 Å². The number of amides is 2. The molecule has 1 aliphatic carbocycles. The van der Waals surface area contributed by atoms with Crippen LogP contribution in [0.25, 0.3) is 0 Å². The van der Waals surface area contributed by atoms with Gasteiger partial charge >= 0.3 is 0 Å². The lowest BCUT2D eigenvalue weighted by molar-refractivity contribution is -0.113. The maximum atomic E-state index is 14.2. The summed E-state index contributed by atoms with van der Waals surface area (Å²) in [7, 11) is 0. The Balaban J connectivity index is 1.67. The fourth-order valence-corrected chi connectivity index (χ4v) is 6.54. The van der Waals surface area contributed by atoms with Crippen LogP contribution in [0.3, 0.4) is 0 Å². The molecule has 8 heteroatoms. The number of nitrogens with one attached hydrogen (secondary N) is 2. The number of carbonyl (C=O) groups excluding carboxylic acids is 2. The summed E-state index contributed by atoms with van der Waals surface area (Å²) in [6.45, 7) is 3.95. The van der Waals surface area contributed by atoms with Crippen molar-refractivity contribution in [2.45, 2.75) is 57.9 Å². The molecule has 1 heterocycles. The van der Waals surface area contributed by atoms with Gasteiger partial charge in [0.25, 0.3) is 11.8 Å². The summed E-state index contributed by atoms with van der Waals surface area (Å²) < 4.78 is 0. The molecule has 3 aromatic rings. The van der Waals surface area contributed by atoms with Gasteiger partial charge in [-0.25, -0.2) is 0 Å². The smallest absolute Gasteiger partial charge is 0.254 e. The molecular weight excluding hydrogens is 577 g/mol. The molecule has 2 amide bonds. The van der Waals surface area contributed by atoms with Crippen LogP contribution in [0.15, 0.2) is 95.3 Å². The number of halogens is 3. The van der Waals surface area contributed by atoms with Crippen LogP contribution in [0.4, 0.5) is 11.4 Å². The van der Waals surface area contributed by atoms with Crippen LogP contribution < -0.4 is 10.6 Å². The van der Waals surface area contributed by atoms with E-state index < -0.39 is 5.92 Å². The molecular formula is C33H32Cl3N3O2. The van der Waals surface area contributed by atoms with Crippen molar-refractivity contribution in [3.05, 3.63) is 116 Å². The highest BCUT2D eigenvalue weighted by Gasteiger charge is 2.41. The van der Waals surface area contributed by atoms with E-state index >= 15 is 0 Å². The molecule has 0 aromatic heterocycles. The fourth-order valence-electron chi connectivity index (χ4n) is 6.04. The van der Waals surface area contributed by atoms with Gasteiger partial charge < -0.3 is 15.5 Å². The number of para-hydroxylation sites is 2. The second kappa shape index (κ2) is 12.7. The summed E-state index contributed by atoms with van der Waals surface area (Å²) >= 11 is 19.1. The van der Waals surface area contributed by atoms with Gasteiger partial charge in [-0.15, -0.1) is 0 Å². The van der Waals surface area contributed by atoms with Crippen molar-refractivity contribution in [3.8, 4) is 0 Å². The van der Waals surface area contributed by atoms with E-state index in [9.17, 15) is 9.59 Å². The lowest BCUT2D eigenvalue weighted by Gasteiger charge is -2.44. The van der Waals surface area contributed by atoms with Crippen LogP contribution in [0.2, 0.25) is 15.1 Å². The van der Waals surface area contributed by atoms with Gasteiger partial charge in [0.15, 0.2) is 0 Å². The van der Waals surface area contributed by atoms with E-state index in [1.165, 1.54) is 6.42 Å². The topological polar surface area (TPSA) is 61.4 Å². The predicted molar refractivity (Wildman–Crippen MR) is 168 cm³/mol. The van der Waals surface area contributed by atoms with Gasteiger partial charge in [-0.05, 0) is 68.7 Å². The second-order valence-corrected chi connectivity index (χ2v) is 11.8. The average Bonchev–Trinajstić information content (AvgIpc) is 2.96. The molecule has 2 aliphatic rings. The minimum absolute atomic E-state index is 0.182. The monoisotopic (exact) mass is 607 g/mol. The van der Waals surface area contributed by atoms with E-state index in [4.69, 9.17) is 34.8 Å². The molecule has 3 aromatic carbocycles. The summed E-state index contributed by atoms with van der Waals surface area (Å²) in [5.74, 6) is -1.28. The molecule has 212 valence electrons. The van der Waals surface area contributed by atoms with Crippen molar-refractivity contribution < 1.29 is 9.59 Å². The van der Waals surface area contributed by atoms with Gasteiger partial charge in [0.05, 0.1) is 21.4 Å². The molecule has 5 nitrogen and oxygen atoms in total. The summed E-state index contributed by atoms with van der Waals surface area (Å²) in [4.78, 5) is 30.7. The predicted octanol–water partition coefficient (Wildman–Crippen LogP) is 9.20. The highest BCUT2D eigenvalue weighted by atomic mass is 35.5. The van der Waals surface area contributed by atoms with Crippen LogP contribution in [-0.4, -0.2) is 22.8 Å². The quantitative estimate of drug-likeness (QED) is 0.293. The number of anilines is 2. The first kappa shape index (κ1) is 29.2. The Morgan fingerprint density at radius 2 is 1.15 bits per heavy atom. The van der Waals surface area contributed by atoms with Crippen molar-refractivity contribution >= 4 is 58.0 Å². The van der Waals surface area contributed by atoms with Crippen molar-refractivity contribution in [3.63, 3.8) is 0 Å². The lowest BCUT2D eigenvalue weighted by Crippen LogP contribution is -2.42. The van der Waals surface area contributed by atoms with Crippen molar-refractivity contribution in [2.24, 2.45) is 0 Å². The lowest BCUT2D eigenvalue weighted by atomic mass is 9.77. The first-order valence-corrected chi connectivity index (χ1v) is 15.0. The van der Waals surface area contributed by atoms with E-state index in [1.807, 2.05) is 50.2 Å². The molecule has 1 saturated carbocycles.